The number of nitrogens with two attached hydrogens (primary N) is 1. The summed E-state index contributed by atoms with van der Waals surface area (Å²) in [7, 11) is 0. The lowest BCUT2D eigenvalue weighted by Gasteiger charge is -2.32. The van der Waals surface area contributed by atoms with Gasteiger partial charge < -0.3 is 5.73 Å². The molecule has 88 valence electrons. The average Bonchev–Trinajstić information content (AvgIpc) is 2.85. The van der Waals surface area contributed by atoms with Crippen LogP contribution < -0.4 is 5.73 Å². The van der Waals surface area contributed by atoms with Gasteiger partial charge in [0.25, 0.3) is 0 Å². The van der Waals surface area contributed by atoms with E-state index in [-0.39, 0.29) is 0 Å². The van der Waals surface area contributed by atoms with Crippen LogP contribution in [0.2, 0.25) is 5.02 Å². The lowest BCUT2D eigenvalue weighted by atomic mass is 9.99. The molecule has 2 fully saturated rings. The maximum atomic E-state index is 5.96. The first-order valence-corrected chi connectivity index (χ1v) is 6.37. The second-order valence-electron chi connectivity index (χ2n) is 4.78. The Morgan fingerprint density at radius 1 is 1.25 bits per heavy atom. The summed E-state index contributed by atoms with van der Waals surface area (Å²) in [6, 6.07) is 1.04. The van der Waals surface area contributed by atoms with E-state index in [1.165, 1.54) is 32.4 Å². The molecule has 0 aromatic carbocycles. The first kappa shape index (κ1) is 10.4. The third kappa shape index (κ3) is 1.52. The third-order valence-electron chi connectivity index (χ3n) is 3.92. The van der Waals surface area contributed by atoms with Gasteiger partial charge in [-0.25, -0.2) is 4.68 Å². The van der Waals surface area contributed by atoms with Gasteiger partial charge in [-0.15, -0.1) is 0 Å². The lowest BCUT2D eigenvalue weighted by Crippen LogP contribution is -2.38. The van der Waals surface area contributed by atoms with Crippen LogP contribution in [-0.2, 0) is 0 Å². The first-order valence-electron chi connectivity index (χ1n) is 6.00. The van der Waals surface area contributed by atoms with Crippen LogP contribution in [0.25, 0.3) is 0 Å². The third-order valence-corrected chi connectivity index (χ3v) is 4.21. The molecule has 5 heteroatoms. The lowest BCUT2D eigenvalue weighted by molar-refractivity contribution is 0.170. The Morgan fingerprint density at radius 3 is 2.88 bits per heavy atom. The molecule has 2 unspecified atom stereocenters. The Morgan fingerprint density at radius 2 is 2.12 bits per heavy atom. The molecule has 0 amide bonds. The fraction of sp³-hybridized carbons (Fsp3) is 0.727. The van der Waals surface area contributed by atoms with Crippen LogP contribution in [0.15, 0.2) is 6.20 Å². The molecule has 2 atom stereocenters. The average molecular weight is 241 g/mol. The standard InChI is InChI=1S/C11H17ClN4/c12-8-7-14-16(11(8)13)10-4-6-15-5-2-1-3-9(10)15/h7,9-10H,1-6,13H2. The van der Waals surface area contributed by atoms with Crippen LogP contribution in [0.1, 0.15) is 31.7 Å². The molecule has 3 heterocycles. The van der Waals surface area contributed by atoms with E-state index in [1.807, 2.05) is 4.68 Å². The highest BCUT2D eigenvalue weighted by Gasteiger charge is 2.37. The molecule has 1 aromatic rings. The van der Waals surface area contributed by atoms with Gasteiger partial charge in [0.1, 0.15) is 10.8 Å². The molecule has 0 saturated carbocycles. The molecule has 0 bridgehead atoms. The van der Waals surface area contributed by atoms with Gasteiger partial charge >= 0.3 is 0 Å². The van der Waals surface area contributed by atoms with Crippen molar-refractivity contribution in [3.63, 3.8) is 0 Å². The number of nitrogens with zero attached hydrogens (tertiary/aromatic N) is 3. The number of fused-ring (bicyclic) bond motifs is 1. The van der Waals surface area contributed by atoms with E-state index < -0.39 is 0 Å². The molecule has 2 saturated heterocycles. The number of halogens is 1. The molecule has 16 heavy (non-hydrogen) atoms. The zero-order valence-electron chi connectivity index (χ0n) is 9.27. The van der Waals surface area contributed by atoms with E-state index in [1.54, 1.807) is 6.20 Å². The van der Waals surface area contributed by atoms with Crippen molar-refractivity contribution in [2.24, 2.45) is 0 Å². The van der Waals surface area contributed by atoms with Gasteiger partial charge in [-0.2, -0.15) is 5.10 Å². The van der Waals surface area contributed by atoms with Gasteiger partial charge in [-0.05, 0) is 25.8 Å². The fourth-order valence-corrected chi connectivity index (χ4v) is 3.25. The number of piperidine rings is 1. The summed E-state index contributed by atoms with van der Waals surface area (Å²) >= 11 is 5.96. The molecule has 0 aliphatic carbocycles. The molecule has 2 aliphatic rings. The largest absolute Gasteiger partial charge is 0.383 e. The summed E-state index contributed by atoms with van der Waals surface area (Å²) in [4.78, 5) is 2.57. The van der Waals surface area contributed by atoms with Crippen molar-refractivity contribution < 1.29 is 0 Å². The number of rotatable bonds is 1. The second-order valence-corrected chi connectivity index (χ2v) is 5.18. The van der Waals surface area contributed by atoms with Crippen molar-refractivity contribution >= 4 is 17.4 Å². The summed E-state index contributed by atoms with van der Waals surface area (Å²) in [6.07, 6.45) is 6.72. The fourth-order valence-electron chi connectivity index (χ4n) is 3.12. The van der Waals surface area contributed by atoms with Crippen molar-refractivity contribution in [2.45, 2.75) is 37.8 Å². The summed E-state index contributed by atoms with van der Waals surface area (Å²) in [5.74, 6) is 0.624. The first-order chi connectivity index (χ1) is 7.77. The van der Waals surface area contributed by atoms with Gasteiger partial charge in [0.15, 0.2) is 0 Å². The maximum Gasteiger partial charge on any atom is 0.140 e. The summed E-state index contributed by atoms with van der Waals surface area (Å²) in [5, 5.41) is 4.90. The van der Waals surface area contributed by atoms with Crippen molar-refractivity contribution in [1.29, 1.82) is 0 Å². The van der Waals surface area contributed by atoms with Gasteiger partial charge in [-0.1, -0.05) is 18.0 Å². The quantitative estimate of drug-likeness (QED) is 0.816. The van der Waals surface area contributed by atoms with Crippen molar-refractivity contribution in [3.8, 4) is 0 Å². The highest BCUT2D eigenvalue weighted by atomic mass is 35.5. The highest BCUT2D eigenvalue weighted by molar-refractivity contribution is 6.32. The van der Waals surface area contributed by atoms with E-state index in [9.17, 15) is 0 Å². The van der Waals surface area contributed by atoms with Crippen LogP contribution in [0.5, 0.6) is 0 Å². The Balaban J connectivity index is 1.87. The SMILES string of the molecule is Nc1c(Cl)cnn1C1CCN2CCCCC12. The van der Waals surface area contributed by atoms with Crippen LogP contribution in [0, 0.1) is 0 Å². The van der Waals surface area contributed by atoms with Gasteiger partial charge in [0.2, 0.25) is 0 Å². The van der Waals surface area contributed by atoms with Crippen molar-refractivity contribution in [1.82, 2.24) is 14.7 Å². The number of hydrogen-bond acceptors (Lipinski definition) is 3. The minimum absolute atomic E-state index is 0.424. The molecular formula is C11H17ClN4. The van der Waals surface area contributed by atoms with Crippen LogP contribution in [0.3, 0.4) is 0 Å². The van der Waals surface area contributed by atoms with E-state index in [0.717, 1.165) is 6.42 Å². The number of nitrogen functional groups attached to an aromatic ring is 1. The maximum absolute atomic E-state index is 5.96. The zero-order valence-corrected chi connectivity index (χ0v) is 10.0. The summed E-state index contributed by atoms with van der Waals surface area (Å²) in [6.45, 7) is 2.41. The highest BCUT2D eigenvalue weighted by Crippen LogP contribution is 2.36. The molecule has 2 aliphatic heterocycles. The Labute approximate surface area is 100 Å². The smallest absolute Gasteiger partial charge is 0.140 e. The van der Waals surface area contributed by atoms with E-state index in [4.69, 9.17) is 17.3 Å². The number of aromatic nitrogens is 2. The normalized spacial score (nSPS) is 30.6. The molecule has 4 nitrogen and oxygen atoms in total. The Hall–Kier alpha value is -0.740. The minimum atomic E-state index is 0.424. The minimum Gasteiger partial charge on any atom is -0.383 e. The van der Waals surface area contributed by atoms with E-state index in [2.05, 4.69) is 10.00 Å². The van der Waals surface area contributed by atoms with Crippen LogP contribution >= 0.6 is 11.6 Å². The second kappa shape index (κ2) is 3.93. The Kier molecular flexibility index (Phi) is 2.56. The molecule has 3 rings (SSSR count). The van der Waals surface area contributed by atoms with Crippen molar-refractivity contribution in [2.75, 3.05) is 18.8 Å². The van der Waals surface area contributed by atoms with Gasteiger partial charge in [0.05, 0.1) is 12.2 Å². The zero-order chi connectivity index (χ0) is 11.1. The predicted molar refractivity (Wildman–Crippen MR) is 64.5 cm³/mol. The molecular weight excluding hydrogens is 224 g/mol. The van der Waals surface area contributed by atoms with Crippen molar-refractivity contribution in [3.05, 3.63) is 11.2 Å². The van der Waals surface area contributed by atoms with Crippen LogP contribution in [-0.4, -0.2) is 33.8 Å². The predicted octanol–water partition coefficient (Wildman–Crippen LogP) is 1.92. The van der Waals surface area contributed by atoms with Gasteiger partial charge in [0, 0.05) is 12.6 Å². The number of hydrogen-bond donors (Lipinski definition) is 1. The van der Waals surface area contributed by atoms with E-state index in [0.29, 0.717) is 22.9 Å². The molecule has 2 N–H and O–H groups in total. The number of anilines is 1. The summed E-state index contributed by atoms with van der Waals surface area (Å²) < 4.78 is 1.93. The topological polar surface area (TPSA) is 47.1 Å². The van der Waals surface area contributed by atoms with E-state index >= 15 is 0 Å². The molecule has 0 radical (unpaired) electrons. The Bertz CT molecular complexity index is 389. The van der Waals surface area contributed by atoms with Gasteiger partial charge in [-0.3, -0.25) is 4.90 Å². The monoisotopic (exact) mass is 240 g/mol. The van der Waals surface area contributed by atoms with Crippen LogP contribution in [0.4, 0.5) is 5.82 Å². The molecule has 1 aromatic heterocycles. The molecule has 0 spiro atoms. The summed E-state index contributed by atoms with van der Waals surface area (Å²) in [5.41, 5.74) is 5.95.